The van der Waals surface area contributed by atoms with E-state index in [9.17, 15) is 4.79 Å². The molecule has 134 valence electrons. The van der Waals surface area contributed by atoms with E-state index in [1.807, 2.05) is 6.07 Å². The number of hydrogen-bond donors (Lipinski definition) is 1. The lowest BCUT2D eigenvalue weighted by Crippen LogP contribution is -2.40. The number of likely N-dealkylation sites (tertiary alicyclic amines) is 1. The van der Waals surface area contributed by atoms with Crippen molar-refractivity contribution in [2.24, 2.45) is 5.41 Å². The number of carbonyl (C=O) groups is 1. The van der Waals surface area contributed by atoms with Gasteiger partial charge in [0.2, 0.25) is 0 Å². The molecule has 5 nitrogen and oxygen atoms in total. The Morgan fingerprint density at radius 1 is 1.28 bits per heavy atom. The van der Waals surface area contributed by atoms with Crippen LogP contribution in [0.5, 0.6) is 5.75 Å². The lowest BCUT2D eigenvalue weighted by atomic mass is 10.0. The van der Waals surface area contributed by atoms with Crippen LogP contribution in [0.1, 0.15) is 42.5 Å². The van der Waals surface area contributed by atoms with E-state index >= 15 is 0 Å². The highest BCUT2D eigenvalue weighted by atomic mass is 16.5. The molecule has 0 unspecified atom stereocenters. The Bertz CT molecular complexity index is 757. The number of hydrogen-bond acceptors (Lipinski definition) is 4. The maximum absolute atomic E-state index is 12.6. The highest BCUT2D eigenvalue weighted by Crippen LogP contribution is 2.46. The van der Waals surface area contributed by atoms with Crippen LogP contribution in [-0.2, 0) is 0 Å². The van der Waals surface area contributed by atoms with Crippen LogP contribution in [-0.4, -0.2) is 44.1 Å². The molecule has 0 bridgehead atoms. The van der Waals surface area contributed by atoms with Crippen LogP contribution >= 0.6 is 0 Å². The number of fused-ring (bicyclic) bond motifs is 1. The SMILES string of the molecule is COc1cc(C(=O)NCC2(CN3CCCCC3)CC2)cc2occc12. The van der Waals surface area contributed by atoms with E-state index in [0.29, 0.717) is 16.9 Å². The summed E-state index contributed by atoms with van der Waals surface area (Å²) in [6.07, 6.45) is 8.02. The average Bonchev–Trinajstić information content (AvgIpc) is 3.23. The second kappa shape index (κ2) is 6.71. The van der Waals surface area contributed by atoms with E-state index in [1.165, 1.54) is 45.2 Å². The summed E-state index contributed by atoms with van der Waals surface area (Å²) in [5, 5.41) is 4.03. The standard InChI is InChI=1S/C20H26N2O3/c1-24-17-11-15(12-18-16(17)5-10-25-18)19(23)21-13-20(6-7-20)14-22-8-3-2-4-9-22/h5,10-12H,2-4,6-9,13-14H2,1H3,(H,21,23). The molecule has 1 saturated carbocycles. The molecule has 1 amide bonds. The fourth-order valence-corrected chi connectivity index (χ4v) is 3.87. The van der Waals surface area contributed by atoms with Gasteiger partial charge in [-0.05, 0) is 57.0 Å². The van der Waals surface area contributed by atoms with Crippen molar-refractivity contribution >= 4 is 16.9 Å². The summed E-state index contributed by atoms with van der Waals surface area (Å²) >= 11 is 0. The second-order valence-corrected chi connectivity index (χ2v) is 7.53. The van der Waals surface area contributed by atoms with Gasteiger partial charge in [-0.25, -0.2) is 0 Å². The van der Waals surface area contributed by atoms with Gasteiger partial charge in [-0.1, -0.05) is 6.42 Å². The Morgan fingerprint density at radius 3 is 2.80 bits per heavy atom. The smallest absolute Gasteiger partial charge is 0.251 e. The van der Waals surface area contributed by atoms with Crippen LogP contribution in [0.15, 0.2) is 28.9 Å². The largest absolute Gasteiger partial charge is 0.496 e. The molecule has 4 rings (SSSR count). The third-order valence-corrected chi connectivity index (χ3v) is 5.60. The zero-order chi connectivity index (χ0) is 17.3. The number of rotatable bonds is 6. The van der Waals surface area contributed by atoms with E-state index in [-0.39, 0.29) is 11.3 Å². The summed E-state index contributed by atoms with van der Waals surface area (Å²) in [5.41, 5.74) is 1.55. The Balaban J connectivity index is 1.40. The van der Waals surface area contributed by atoms with Crippen molar-refractivity contribution in [1.82, 2.24) is 10.2 Å². The zero-order valence-corrected chi connectivity index (χ0v) is 14.8. The quantitative estimate of drug-likeness (QED) is 0.874. The molecule has 1 aromatic carbocycles. The lowest BCUT2D eigenvalue weighted by Gasteiger charge is -2.30. The number of carbonyl (C=O) groups excluding carboxylic acids is 1. The molecule has 0 atom stereocenters. The normalized spacial score (nSPS) is 19.7. The average molecular weight is 342 g/mol. The molecular formula is C20H26N2O3. The van der Waals surface area contributed by atoms with Crippen LogP contribution in [0.25, 0.3) is 11.0 Å². The van der Waals surface area contributed by atoms with Crippen molar-refractivity contribution in [3.05, 3.63) is 30.0 Å². The van der Waals surface area contributed by atoms with Crippen molar-refractivity contribution in [1.29, 1.82) is 0 Å². The van der Waals surface area contributed by atoms with Gasteiger partial charge in [-0.2, -0.15) is 0 Å². The van der Waals surface area contributed by atoms with Crippen LogP contribution < -0.4 is 10.1 Å². The molecule has 2 fully saturated rings. The van der Waals surface area contributed by atoms with E-state index < -0.39 is 0 Å². The molecule has 0 spiro atoms. The summed E-state index contributed by atoms with van der Waals surface area (Å²) in [4.78, 5) is 15.2. The summed E-state index contributed by atoms with van der Waals surface area (Å²) in [5.74, 6) is 0.618. The number of nitrogens with zero attached hydrogens (tertiary/aromatic N) is 1. The van der Waals surface area contributed by atoms with Gasteiger partial charge < -0.3 is 19.4 Å². The summed E-state index contributed by atoms with van der Waals surface area (Å²) in [6.45, 7) is 4.29. The van der Waals surface area contributed by atoms with Crippen molar-refractivity contribution in [2.45, 2.75) is 32.1 Å². The molecule has 1 aliphatic heterocycles. The van der Waals surface area contributed by atoms with Gasteiger partial charge in [-0.3, -0.25) is 4.79 Å². The first-order valence-electron chi connectivity index (χ1n) is 9.25. The van der Waals surface area contributed by atoms with E-state index in [1.54, 1.807) is 25.5 Å². The first kappa shape index (κ1) is 16.5. The Morgan fingerprint density at radius 2 is 2.08 bits per heavy atom. The fraction of sp³-hybridized carbons (Fsp3) is 0.550. The number of nitrogens with one attached hydrogen (secondary N) is 1. The Labute approximate surface area is 148 Å². The minimum atomic E-state index is -0.0541. The maximum atomic E-state index is 12.6. The molecule has 1 saturated heterocycles. The fourth-order valence-electron chi connectivity index (χ4n) is 3.87. The van der Waals surface area contributed by atoms with Gasteiger partial charge in [0.1, 0.15) is 11.3 Å². The predicted octanol–water partition coefficient (Wildman–Crippen LogP) is 3.44. The van der Waals surface area contributed by atoms with E-state index in [2.05, 4.69) is 10.2 Å². The van der Waals surface area contributed by atoms with Crippen LogP contribution in [0.3, 0.4) is 0 Å². The van der Waals surface area contributed by atoms with Crippen molar-refractivity contribution in [2.75, 3.05) is 33.3 Å². The zero-order valence-electron chi connectivity index (χ0n) is 14.8. The van der Waals surface area contributed by atoms with Crippen molar-refractivity contribution < 1.29 is 13.9 Å². The molecular weight excluding hydrogens is 316 g/mol. The summed E-state index contributed by atoms with van der Waals surface area (Å²) < 4.78 is 10.8. The monoisotopic (exact) mass is 342 g/mol. The molecule has 1 aromatic heterocycles. The first-order valence-corrected chi connectivity index (χ1v) is 9.25. The van der Waals surface area contributed by atoms with Crippen molar-refractivity contribution in [3.8, 4) is 5.75 Å². The second-order valence-electron chi connectivity index (χ2n) is 7.53. The highest BCUT2D eigenvalue weighted by molar-refractivity contribution is 5.99. The summed E-state index contributed by atoms with van der Waals surface area (Å²) in [7, 11) is 1.61. The minimum Gasteiger partial charge on any atom is -0.496 e. The van der Waals surface area contributed by atoms with Gasteiger partial charge >= 0.3 is 0 Å². The van der Waals surface area contributed by atoms with Gasteiger partial charge in [0.15, 0.2) is 0 Å². The van der Waals surface area contributed by atoms with Gasteiger partial charge in [0, 0.05) is 24.1 Å². The minimum absolute atomic E-state index is 0.0541. The van der Waals surface area contributed by atoms with E-state index in [4.69, 9.17) is 9.15 Å². The maximum Gasteiger partial charge on any atom is 0.251 e. The number of benzene rings is 1. The predicted molar refractivity (Wildman–Crippen MR) is 97.1 cm³/mol. The van der Waals surface area contributed by atoms with Crippen molar-refractivity contribution in [3.63, 3.8) is 0 Å². The number of piperidine rings is 1. The molecule has 5 heteroatoms. The Hall–Kier alpha value is -2.01. The molecule has 2 aromatic rings. The molecule has 0 radical (unpaired) electrons. The molecule has 2 aliphatic rings. The number of amides is 1. The Kier molecular flexibility index (Phi) is 4.42. The third-order valence-electron chi connectivity index (χ3n) is 5.60. The van der Waals surface area contributed by atoms with E-state index in [0.717, 1.165) is 18.5 Å². The van der Waals surface area contributed by atoms with Gasteiger partial charge in [0.05, 0.1) is 18.8 Å². The van der Waals surface area contributed by atoms with Crippen LogP contribution in [0.4, 0.5) is 0 Å². The summed E-state index contributed by atoms with van der Waals surface area (Å²) in [6, 6.07) is 5.43. The molecule has 1 N–H and O–H groups in total. The first-order chi connectivity index (χ1) is 12.2. The van der Waals surface area contributed by atoms with Crippen LogP contribution in [0.2, 0.25) is 0 Å². The third kappa shape index (κ3) is 3.52. The number of ether oxygens (including phenoxy) is 1. The molecule has 2 heterocycles. The molecule has 1 aliphatic carbocycles. The van der Waals surface area contributed by atoms with Gasteiger partial charge in [-0.15, -0.1) is 0 Å². The number of methoxy groups -OCH3 is 1. The van der Waals surface area contributed by atoms with Crippen LogP contribution in [0, 0.1) is 5.41 Å². The lowest BCUT2D eigenvalue weighted by molar-refractivity contribution is 0.0935. The number of furan rings is 1. The molecule has 25 heavy (non-hydrogen) atoms. The highest BCUT2D eigenvalue weighted by Gasteiger charge is 2.44. The topological polar surface area (TPSA) is 54.7 Å². The van der Waals surface area contributed by atoms with Gasteiger partial charge in [0.25, 0.3) is 5.91 Å².